The van der Waals surface area contributed by atoms with Crippen molar-refractivity contribution < 1.29 is 31.5 Å². The Morgan fingerprint density at radius 3 is 2.59 bits per heavy atom. The van der Waals surface area contributed by atoms with E-state index in [-0.39, 0.29) is 36.5 Å². The monoisotopic (exact) mass is 601 g/mol. The first-order valence-electron chi connectivity index (χ1n) is 13.5. The molecule has 0 radical (unpaired) electrons. The lowest BCUT2D eigenvalue weighted by molar-refractivity contribution is -0.139. The minimum Gasteiger partial charge on any atom is -0.367 e. The Labute approximate surface area is 240 Å². The number of halogens is 6. The molecule has 2 heterocycles. The summed E-state index contributed by atoms with van der Waals surface area (Å²) >= 11 is 6.20. The molecule has 2 aliphatic heterocycles. The second-order valence-corrected chi connectivity index (χ2v) is 10.9. The van der Waals surface area contributed by atoms with Gasteiger partial charge < -0.3 is 20.9 Å². The lowest BCUT2D eigenvalue weighted by Crippen LogP contribution is -2.52. The van der Waals surface area contributed by atoms with Crippen molar-refractivity contribution in [3.8, 4) is 0 Å². The summed E-state index contributed by atoms with van der Waals surface area (Å²) in [5.74, 6) is -3.92. The van der Waals surface area contributed by atoms with Crippen molar-refractivity contribution in [2.75, 3.05) is 49.5 Å². The number of carbonyl (C=O) groups excluding carboxylic acids is 2. The number of nitrogens with one attached hydrogen (secondary N) is 3. The highest BCUT2D eigenvalue weighted by atomic mass is 35.5. The van der Waals surface area contributed by atoms with Gasteiger partial charge in [-0.1, -0.05) is 17.7 Å². The highest BCUT2D eigenvalue weighted by Gasteiger charge is 2.32. The third-order valence-corrected chi connectivity index (χ3v) is 7.76. The molecule has 0 unspecified atom stereocenters. The number of piperidine rings is 1. The van der Waals surface area contributed by atoms with Crippen molar-refractivity contribution in [1.82, 2.24) is 15.5 Å². The zero-order valence-electron chi connectivity index (χ0n) is 22.6. The Balaban J connectivity index is 1.43. The summed E-state index contributed by atoms with van der Waals surface area (Å²) in [6.45, 7) is 3.99. The number of benzene rings is 2. The summed E-state index contributed by atoms with van der Waals surface area (Å²) in [5.41, 5.74) is 0.221. The van der Waals surface area contributed by atoms with Crippen LogP contribution in [0.3, 0.4) is 0 Å². The predicted octanol–water partition coefficient (Wildman–Crippen LogP) is 4.95. The molecular formula is C28H33ClF5N5O2. The summed E-state index contributed by atoms with van der Waals surface area (Å²) in [6, 6.07) is 6.90. The molecule has 0 spiro atoms. The van der Waals surface area contributed by atoms with Crippen LogP contribution in [0.5, 0.6) is 0 Å². The zero-order chi connectivity index (χ0) is 29.7. The first-order valence-corrected chi connectivity index (χ1v) is 13.9. The fourth-order valence-corrected chi connectivity index (χ4v) is 5.35. The van der Waals surface area contributed by atoms with Gasteiger partial charge in [-0.3, -0.25) is 14.5 Å². The van der Waals surface area contributed by atoms with Gasteiger partial charge in [0.05, 0.1) is 29.3 Å². The molecule has 2 saturated heterocycles. The van der Waals surface area contributed by atoms with Crippen LogP contribution in [0.2, 0.25) is 5.02 Å². The summed E-state index contributed by atoms with van der Waals surface area (Å²) in [7, 11) is 0. The van der Waals surface area contributed by atoms with Crippen molar-refractivity contribution in [3.05, 3.63) is 58.1 Å². The lowest BCUT2D eigenvalue weighted by atomic mass is 9.98. The number of carbonyl (C=O) groups is 2. The third kappa shape index (κ3) is 8.08. The molecule has 2 fully saturated rings. The molecule has 0 saturated carbocycles. The smallest absolute Gasteiger partial charge is 0.367 e. The molecule has 2 aliphatic rings. The molecule has 0 aromatic heterocycles. The predicted molar refractivity (Wildman–Crippen MR) is 147 cm³/mol. The maximum absolute atomic E-state index is 15.0. The van der Waals surface area contributed by atoms with Gasteiger partial charge in [-0.05, 0) is 50.6 Å². The minimum atomic E-state index is -4.24. The van der Waals surface area contributed by atoms with E-state index in [1.165, 1.54) is 18.2 Å². The summed E-state index contributed by atoms with van der Waals surface area (Å²) in [6.07, 6.45) is -3.57. The Morgan fingerprint density at radius 2 is 1.90 bits per heavy atom. The quantitative estimate of drug-likeness (QED) is 0.374. The fourth-order valence-electron chi connectivity index (χ4n) is 5.18. The highest BCUT2D eigenvalue weighted by Crippen LogP contribution is 2.32. The van der Waals surface area contributed by atoms with Gasteiger partial charge in [-0.15, -0.1) is 0 Å². The first kappa shape index (κ1) is 31.0. The molecule has 13 heteroatoms. The summed E-state index contributed by atoms with van der Waals surface area (Å²) in [5, 5.41) is 8.75. The van der Waals surface area contributed by atoms with Crippen LogP contribution < -0.4 is 20.9 Å². The Bertz CT molecular complexity index is 1260. The standard InChI is InChI=1S/C28H33ClF5N5O2/c1-17-16-39(12-11-38(17)10-8-28(32,33)34)23-13-20(29)5-7-22(23)37-27(41)21-6-4-18(24(30)25(21)31)15-36-26(40)19-3-2-9-35-14-19/h4-7,13,17,19,35H,2-3,8-12,14-16H2,1H3,(H,36,40)(H,37,41)/t17-,19-/m1/s1. The molecule has 2 atom stereocenters. The molecule has 0 aliphatic carbocycles. The molecule has 7 nitrogen and oxygen atoms in total. The maximum atomic E-state index is 15.0. The van der Waals surface area contributed by atoms with Crippen molar-refractivity contribution in [2.45, 2.75) is 44.9 Å². The Hall–Kier alpha value is -2.96. The Kier molecular flexibility index (Phi) is 10.1. The van der Waals surface area contributed by atoms with Crippen LogP contribution in [0.1, 0.15) is 42.1 Å². The number of nitrogens with zero attached hydrogens (tertiary/aromatic N) is 2. The number of anilines is 2. The van der Waals surface area contributed by atoms with E-state index in [9.17, 15) is 31.5 Å². The summed E-state index contributed by atoms with van der Waals surface area (Å²) < 4.78 is 67.9. The molecule has 41 heavy (non-hydrogen) atoms. The number of piperazine rings is 1. The summed E-state index contributed by atoms with van der Waals surface area (Å²) in [4.78, 5) is 29.0. The highest BCUT2D eigenvalue weighted by molar-refractivity contribution is 6.31. The molecule has 224 valence electrons. The second kappa shape index (κ2) is 13.3. The second-order valence-electron chi connectivity index (χ2n) is 10.5. The van der Waals surface area contributed by atoms with Crippen LogP contribution in [0, 0.1) is 17.6 Å². The molecule has 2 aromatic rings. The van der Waals surface area contributed by atoms with E-state index < -0.39 is 35.7 Å². The van der Waals surface area contributed by atoms with Crippen LogP contribution in [0.25, 0.3) is 0 Å². The van der Waals surface area contributed by atoms with Gasteiger partial charge >= 0.3 is 6.18 Å². The average Bonchev–Trinajstić information content (AvgIpc) is 2.93. The van der Waals surface area contributed by atoms with Crippen molar-refractivity contribution >= 4 is 34.8 Å². The number of hydrogen-bond acceptors (Lipinski definition) is 5. The van der Waals surface area contributed by atoms with E-state index in [1.807, 2.05) is 11.8 Å². The lowest BCUT2D eigenvalue weighted by Gasteiger charge is -2.41. The van der Waals surface area contributed by atoms with E-state index in [0.717, 1.165) is 19.0 Å². The molecule has 4 rings (SSSR count). The average molecular weight is 602 g/mol. The van der Waals surface area contributed by atoms with E-state index in [1.54, 1.807) is 11.0 Å². The number of alkyl halides is 3. The molecule has 2 aromatic carbocycles. The largest absolute Gasteiger partial charge is 0.390 e. The number of hydrogen-bond donors (Lipinski definition) is 3. The third-order valence-electron chi connectivity index (χ3n) is 7.52. The van der Waals surface area contributed by atoms with E-state index in [4.69, 9.17) is 11.6 Å². The number of amides is 2. The van der Waals surface area contributed by atoms with Crippen LogP contribution in [0.4, 0.5) is 33.3 Å². The maximum Gasteiger partial charge on any atom is 0.390 e. The topological polar surface area (TPSA) is 76.7 Å². The fraction of sp³-hybridized carbons (Fsp3) is 0.500. The van der Waals surface area contributed by atoms with E-state index in [2.05, 4.69) is 16.0 Å². The van der Waals surface area contributed by atoms with Crippen molar-refractivity contribution in [3.63, 3.8) is 0 Å². The van der Waals surface area contributed by atoms with Crippen molar-refractivity contribution in [1.29, 1.82) is 0 Å². The van der Waals surface area contributed by atoms with Crippen molar-refractivity contribution in [2.24, 2.45) is 5.92 Å². The van der Waals surface area contributed by atoms with Gasteiger partial charge in [-0.25, -0.2) is 8.78 Å². The van der Waals surface area contributed by atoms with Crippen LogP contribution in [0.15, 0.2) is 30.3 Å². The normalized spacial score (nSPS) is 20.1. The molecule has 3 N–H and O–H groups in total. The Morgan fingerprint density at radius 1 is 1.12 bits per heavy atom. The van der Waals surface area contributed by atoms with Gasteiger partial charge in [0.2, 0.25) is 5.91 Å². The first-order chi connectivity index (χ1) is 19.4. The molecule has 2 amide bonds. The van der Waals surface area contributed by atoms with Gasteiger partial charge in [0.15, 0.2) is 11.6 Å². The number of rotatable bonds is 8. The van der Waals surface area contributed by atoms with Gasteiger partial charge in [0.25, 0.3) is 5.91 Å². The van der Waals surface area contributed by atoms with Crippen LogP contribution in [-0.4, -0.2) is 68.2 Å². The van der Waals surface area contributed by atoms with E-state index in [0.29, 0.717) is 49.0 Å². The van der Waals surface area contributed by atoms with Crippen LogP contribution in [-0.2, 0) is 11.3 Å². The van der Waals surface area contributed by atoms with E-state index >= 15 is 0 Å². The van der Waals surface area contributed by atoms with Gasteiger partial charge in [0.1, 0.15) is 0 Å². The molecular weight excluding hydrogens is 569 g/mol. The molecule has 0 bridgehead atoms. The zero-order valence-corrected chi connectivity index (χ0v) is 23.3. The van der Waals surface area contributed by atoms with Gasteiger partial charge in [0, 0.05) is 55.9 Å². The van der Waals surface area contributed by atoms with Gasteiger partial charge in [-0.2, -0.15) is 13.2 Å². The van der Waals surface area contributed by atoms with Crippen LogP contribution >= 0.6 is 11.6 Å². The SMILES string of the molecule is C[C@@H]1CN(c2cc(Cl)ccc2NC(=O)c2ccc(CNC(=O)[C@@H]3CCCNC3)c(F)c2F)CCN1CCC(F)(F)F. The minimum absolute atomic E-state index is 0.0827.